The van der Waals surface area contributed by atoms with Crippen LogP contribution in [0.5, 0.6) is 0 Å². The van der Waals surface area contributed by atoms with Gasteiger partial charge in [0.2, 0.25) is 5.91 Å². The van der Waals surface area contributed by atoms with Crippen molar-refractivity contribution in [1.29, 1.82) is 0 Å². The van der Waals surface area contributed by atoms with E-state index in [4.69, 9.17) is 0 Å². The van der Waals surface area contributed by atoms with E-state index in [1.807, 2.05) is 45.0 Å². The Morgan fingerprint density at radius 1 is 1.15 bits per heavy atom. The molecule has 0 spiro atoms. The number of nitrogens with one attached hydrogen (secondary N) is 1. The Morgan fingerprint density at radius 3 is 2.41 bits per heavy atom. The van der Waals surface area contributed by atoms with Crippen molar-refractivity contribution in [3.8, 4) is 11.3 Å². The summed E-state index contributed by atoms with van der Waals surface area (Å²) in [6, 6.07) is 7.82. The summed E-state index contributed by atoms with van der Waals surface area (Å²) in [7, 11) is 0. The van der Waals surface area contributed by atoms with Crippen LogP contribution in [-0.2, 0) is 11.3 Å². The summed E-state index contributed by atoms with van der Waals surface area (Å²) >= 11 is 0. The average Bonchev–Trinajstić information content (AvgIpc) is 3.52. The summed E-state index contributed by atoms with van der Waals surface area (Å²) < 4.78 is 0. The number of benzene rings is 1. The van der Waals surface area contributed by atoms with Crippen LogP contribution < -0.4 is 5.32 Å². The van der Waals surface area contributed by atoms with Gasteiger partial charge in [-0.05, 0) is 39.2 Å². The molecule has 1 saturated carbocycles. The molecule has 1 aromatic heterocycles. The van der Waals surface area contributed by atoms with Gasteiger partial charge in [-0.3, -0.25) is 9.59 Å². The number of carbonyl (C=O) groups excluding carboxylic acids is 2. The minimum atomic E-state index is -0.0595. The molecule has 6 heteroatoms. The summed E-state index contributed by atoms with van der Waals surface area (Å²) in [5.74, 6) is 0.914. The van der Waals surface area contributed by atoms with Crippen LogP contribution in [0.4, 0.5) is 0 Å². The van der Waals surface area contributed by atoms with Crippen molar-refractivity contribution in [2.24, 2.45) is 5.92 Å². The average molecular weight is 366 g/mol. The molecule has 1 heterocycles. The first-order valence-corrected chi connectivity index (χ1v) is 9.53. The first-order valence-electron chi connectivity index (χ1n) is 9.53. The fraction of sp³-hybridized carbons (Fsp3) is 0.429. The first-order chi connectivity index (χ1) is 13.0. The highest BCUT2D eigenvalue weighted by Crippen LogP contribution is 2.29. The lowest BCUT2D eigenvalue weighted by atomic mass is 10.0. The van der Waals surface area contributed by atoms with Crippen LogP contribution in [0.1, 0.15) is 48.4 Å². The van der Waals surface area contributed by atoms with Crippen molar-refractivity contribution in [2.45, 2.75) is 40.2 Å². The molecule has 0 bridgehead atoms. The highest BCUT2D eigenvalue weighted by Gasteiger charge is 2.29. The third-order valence-electron chi connectivity index (χ3n) is 4.83. The number of rotatable bonds is 7. The third-order valence-corrected chi connectivity index (χ3v) is 4.83. The van der Waals surface area contributed by atoms with Crippen LogP contribution in [0.2, 0.25) is 0 Å². The Morgan fingerprint density at radius 2 is 1.81 bits per heavy atom. The van der Waals surface area contributed by atoms with Crippen LogP contribution in [0.3, 0.4) is 0 Å². The molecule has 3 rings (SSSR count). The van der Waals surface area contributed by atoms with Gasteiger partial charge in [0.05, 0.1) is 11.3 Å². The zero-order valence-electron chi connectivity index (χ0n) is 16.2. The van der Waals surface area contributed by atoms with Gasteiger partial charge in [0, 0.05) is 37.3 Å². The van der Waals surface area contributed by atoms with Gasteiger partial charge >= 0.3 is 0 Å². The van der Waals surface area contributed by atoms with E-state index >= 15 is 0 Å². The van der Waals surface area contributed by atoms with Gasteiger partial charge in [0.15, 0.2) is 0 Å². The van der Waals surface area contributed by atoms with Crippen molar-refractivity contribution in [1.82, 2.24) is 20.2 Å². The lowest BCUT2D eigenvalue weighted by molar-refractivity contribution is -0.122. The van der Waals surface area contributed by atoms with Crippen LogP contribution in [-0.4, -0.2) is 39.8 Å². The van der Waals surface area contributed by atoms with Gasteiger partial charge in [0.25, 0.3) is 5.91 Å². The van der Waals surface area contributed by atoms with E-state index in [2.05, 4.69) is 15.3 Å². The molecule has 1 aliphatic rings. The van der Waals surface area contributed by atoms with Gasteiger partial charge in [-0.1, -0.05) is 24.3 Å². The van der Waals surface area contributed by atoms with Crippen molar-refractivity contribution < 1.29 is 9.59 Å². The Kier molecular flexibility index (Phi) is 5.84. The molecule has 6 nitrogen and oxygen atoms in total. The second-order valence-electron chi connectivity index (χ2n) is 6.85. The standard InChI is InChI=1S/C21H26N4O2/c1-4-25(5-2)21(27)18-13-22-14(3)24-19(18)16-8-6-15(7-9-16)12-23-20(26)17-10-11-17/h6-9,13,17H,4-5,10-12H2,1-3H3,(H,23,26). The van der Waals surface area contributed by atoms with Crippen molar-refractivity contribution in [3.63, 3.8) is 0 Å². The van der Waals surface area contributed by atoms with E-state index in [1.165, 1.54) is 0 Å². The lowest BCUT2D eigenvalue weighted by Crippen LogP contribution is -2.31. The molecule has 0 aliphatic heterocycles. The third kappa shape index (κ3) is 4.51. The molecule has 2 amide bonds. The second-order valence-corrected chi connectivity index (χ2v) is 6.85. The Bertz CT molecular complexity index is 825. The molecule has 0 unspecified atom stereocenters. The number of aromatic nitrogens is 2. The predicted octanol–water partition coefficient (Wildman–Crippen LogP) is 2.96. The molecule has 27 heavy (non-hydrogen) atoms. The highest BCUT2D eigenvalue weighted by atomic mass is 16.2. The molecule has 1 fully saturated rings. The molecule has 1 aromatic carbocycles. The van der Waals surface area contributed by atoms with E-state index in [9.17, 15) is 9.59 Å². The summed E-state index contributed by atoms with van der Waals surface area (Å²) in [4.78, 5) is 35.1. The minimum Gasteiger partial charge on any atom is -0.352 e. The maximum absolute atomic E-state index is 12.8. The summed E-state index contributed by atoms with van der Waals surface area (Å²) in [6.45, 7) is 7.53. The quantitative estimate of drug-likeness (QED) is 0.817. The summed E-state index contributed by atoms with van der Waals surface area (Å²) in [6.07, 6.45) is 3.62. The monoisotopic (exact) mass is 366 g/mol. The fourth-order valence-corrected chi connectivity index (χ4v) is 2.99. The lowest BCUT2D eigenvalue weighted by Gasteiger charge is -2.20. The molecule has 1 N–H and O–H groups in total. The molecule has 0 saturated heterocycles. The molecule has 0 atom stereocenters. The molecule has 142 valence electrons. The van der Waals surface area contributed by atoms with Gasteiger partial charge in [-0.25, -0.2) is 9.97 Å². The van der Waals surface area contributed by atoms with E-state index in [0.29, 0.717) is 36.7 Å². The molecule has 1 aliphatic carbocycles. The smallest absolute Gasteiger partial charge is 0.257 e. The van der Waals surface area contributed by atoms with Crippen LogP contribution in [0.15, 0.2) is 30.5 Å². The molecule has 0 radical (unpaired) electrons. The molecular formula is C21H26N4O2. The predicted molar refractivity (Wildman–Crippen MR) is 104 cm³/mol. The maximum atomic E-state index is 12.8. The SMILES string of the molecule is CCN(CC)C(=O)c1cnc(C)nc1-c1ccc(CNC(=O)C2CC2)cc1. The topological polar surface area (TPSA) is 75.2 Å². The summed E-state index contributed by atoms with van der Waals surface area (Å²) in [5.41, 5.74) is 3.05. The zero-order valence-corrected chi connectivity index (χ0v) is 16.2. The number of hydrogen-bond acceptors (Lipinski definition) is 4. The Hall–Kier alpha value is -2.76. The van der Waals surface area contributed by atoms with E-state index in [1.54, 1.807) is 11.1 Å². The first kappa shape index (κ1) is 19.0. The number of nitrogens with zero attached hydrogens (tertiary/aromatic N) is 3. The van der Waals surface area contributed by atoms with Gasteiger partial charge in [0.1, 0.15) is 5.82 Å². The van der Waals surface area contributed by atoms with Crippen LogP contribution in [0.25, 0.3) is 11.3 Å². The second kappa shape index (κ2) is 8.29. The van der Waals surface area contributed by atoms with Crippen molar-refractivity contribution in [3.05, 3.63) is 47.4 Å². The zero-order chi connectivity index (χ0) is 19.4. The fourth-order valence-electron chi connectivity index (χ4n) is 2.99. The largest absolute Gasteiger partial charge is 0.352 e. The van der Waals surface area contributed by atoms with Crippen LogP contribution >= 0.6 is 0 Å². The molecule has 2 aromatic rings. The van der Waals surface area contributed by atoms with Crippen molar-refractivity contribution in [2.75, 3.05) is 13.1 Å². The Balaban J connectivity index is 1.81. The minimum absolute atomic E-state index is 0.0595. The number of carbonyl (C=O) groups is 2. The number of hydrogen-bond donors (Lipinski definition) is 1. The number of aryl methyl sites for hydroxylation is 1. The number of amides is 2. The maximum Gasteiger partial charge on any atom is 0.257 e. The highest BCUT2D eigenvalue weighted by molar-refractivity contribution is 5.99. The summed E-state index contributed by atoms with van der Waals surface area (Å²) in [5, 5.41) is 2.96. The van der Waals surface area contributed by atoms with E-state index < -0.39 is 0 Å². The van der Waals surface area contributed by atoms with Gasteiger partial charge in [-0.15, -0.1) is 0 Å². The van der Waals surface area contributed by atoms with Crippen molar-refractivity contribution >= 4 is 11.8 Å². The van der Waals surface area contributed by atoms with Gasteiger partial charge < -0.3 is 10.2 Å². The Labute approximate surface area is 160 Å². The normalized spacial score (nSPS) is 13.3. The van der Waals surface area contributed by atoms with Gasteiger partial charge in [-0.2, -0.15) is 0 Å². The molecular weight excluding hydrogens is 340 g/mol. The van der Waals surface area contributed by atoms with E-state index in [0.717, 1.165) is 24.0 Å². The van der Waals surface area contributed by atoms with Crippen LogP contribution in [0, 0.1) is 12.8 Å². The van der Waals surface area contributed by atoms with E-state index in [-0.39, 0.29) is 17.7 Å².